The molecule has 0 fully saturated rings. The molecule has 0 atom stereocenters. The maximum absolute atomic E-state index is 12.0. The fourth-order valence-corrected chi connectivity index (χ4v) is 3.64. The highest BCUT2D eigenvalue weighted by atomic mass is 79.9. The molecular formula is C13H17BrN2O2S. The second kappa shape index (κ2) is 6.63. The van der Waals surface area contributed by atoms with Crippen molar-refractivity contribution < 1.29 is 8.42 Å². The fraction of sp³-hybridized carbons (Fsp3) is 0.462. The summed E-state index contributed by atoms with van der Waals surface area (Å²) in [5.41, 5.74) is 1.36. The predicted octanol–water partition coefficient (Wildman–Crippen LogP) is 3.01. The molecule has 0 spiro atoms. The lowest BCUT2D eigenvalue weighted by Crippen LogP contribution is -2.25. The minimum Gasteiger partial charge on any atom is -0.262 e. The van der Waals surface area contributed by atoms with Crippen molar-refractivity contribution >= 4 is 26.0 Å². The van der Waals surface area contributed by atoms with Crippen molar-refractivity contribution in [1.29, 1.82) is 0 Å². The van der Waals surface area contributed by atoms with Crippen LogP contribution in [0.3, 0.4) is 0 Å². The number of nitrogens with one attached hydrogen (secondary N) is 1. The molecule has 104 valence electrons. The van der Waals surface area contributed by atoms with Gasteiger partial charge in [-0.15, -0.1) is 0 Å². The summed E-state index contributed by atoms with van der Waals surface area (Å²) >= 11 is 3.22. The summed E-state index contributed by atoms with van der Waals surface area (Å²) in [7, 11) is -3.45. The van der Waals surface area contributed by atoms with Crippen molar-refractivity contribution in [3.63, 3.8) is 0 Å². The standard InChI is InChI=1S/C13H17BrN2O2S/c14-12-8-13(10-15-9-12)19(17,18)16-7-6-11-4-2-1-3-5-11/h4,8-10,16H,1-3,5-7H2. The molecule has 1 heterocycles. The van der Waals surface area contributed by atoms with Crippen molar-refractivity contribution in [2.24, 2.45) is 0 Å². The number of sulfonamides is 1. The van der Waals surface area contributed by atoms with Crippen LogP contribution >= 0.6 is 15.9 Å². The van der Waals surface area contributed by atoms with Gasteiger partial charge in [0.25, 0.3) is 0 Å². The normalized spacial score (nSPS) is 16.2. The summed E-state index contributed by atoms with van der Waals surface area (Å²) in [4.78, 5) is 4.06. The fourth-order valence-electron chi connectivity index (χ4n) is 2.10. The number of hydrogen-bond donors (Lipinski definition) is 1. The van der Waals surface area contributed by atoms with E-state index in [2.05, 4.69) is 31.7 Å². The molecule has 0 radical (unpaired) electrons. The number of rotatable bonds is 5. The summed E-state index contributed by atoms with van der Waals surface area (Å²) < 4.78 is 27.3. The average molecular weight is 345 g/mol. The molecule has 19 heavy (non-hydrogen) atoms. The van der Waals surface area contributed by atoms with Crippen LogP contribution in [0, 0.1) is 0 Å². The largest absolute Gasteiger partial charge is 0.262 e. The van der Waals surface area contributed by atoms with E-state index in [0.29, 0.717) is 11.0 Å². The molecule has 1 aliphatic rings. The van der Waals surface area contributed by atoms with Crippen LogP contribution in [0.4, 0.5) is 0 Å². The molecule has 0 amide bonds. The smallest absolute Gasteiger partial charge is 0.242 e. The van der Waals surface area contributed by atoms with Crippen molar-refractivity contribution in [3.8, 4) is 0 Å². The Bertz CT molecular complexity index is 570. The Morgan fingerprint density at radius 3 is 2.84 bits per heavy atom. The Morgan fingerprint density at radius 2 is 2.16 bits per heavy atom. The summed E-state index contributed by atoms with van der Waals surface area (Å²) in [6.45, 7) is 0.445. The lowest BCUT2D eigenvalue weighted by Gasteiger charge is -2.13. The molecule has 0 saturated heterocycles. The third kappa shape index (κ3) is 4.40. The molecule has 1 aromatic rings. The van der Waals surface area contributed by atoms with Gasteiger partial charge in [0.15, 0.2) is 0 Å². The zero-order chi connectivity index (χ0) is 13.7. The molecule has 0 aliphatic heterocycles. The molecule has 6 heteroatoms. The maximum Gasteiger partial charge on any atom is 0.242 e. The first-order chi connectivity index (χ1) is 9.08. The summed E-state index contributed by atoms with van der Waals surface area (Å²) in [6.07, 6.45) is 10.6. The van der Waals surface area contributed by atoms with Crippen molar-refractivity contribution in [1.82, 2.24) is 9.71 Å². The minimum atomic E-state index is -3.45. The number of allylic oxidation sites excluding steroid dienone is 1. The summed E-state index contributed by atoms with van der Waals surface area (Å²) in [5.74, 6) is 0. The van der Waals surface area contributed by atoms with Crippen LogP contribution in [0.5, 0.6) is 0 Å². The van der Waals surface area contributed by atoms with Gasteiger partial charge in [-0.2, -0.15) is 0 Å². The van der Waals surface area contributed by atoms with Crippen LogP contribution < -0.4 is 4.72 Å². The Morgan fingerprint density at radius 1 is 1.32 bits per heavy atom. The van der Waals surface area contributed by atoms with Gasteiger partial charge in [-0.25, -0.2) is 13.1 Å². The molecule has 1 N–H and O–H groups in total. The van der Waals surface area contributed by atoms with E-state index in [0.717, 1.165) is 19.3 Å². The lowest BCUT2D eigenvalue weighted by molar-refractivity contribution is 0.579. The Labute approximate surface area is 122 Å². The quantitative estimate of drug-likeness (QED) is 0.835. The van der Waals surface area contributed by atoms with Crippen LogP contribution in [0.2, 0.25) is 0 Å². The first-order valence-corrected chi connectivity index (χ1v) is 8.64. The zero-order valence-electron chi connectivity index (χ0n) is 10.6. The Hall–Kier alpha value is -0.720. The molecular weight excluding hydrogens is 328 g/mol. The highest BCUT2D eigenvalue weighted by molar-refractivity contribution is 9.10. The van der Waals surface area contributed by atoms with Crippen molar-refractivity contribution in [2.75, 3.05) is 6.54 Å². The molecule has 1 aromatic heterocycles. The first kappa shape index (κ1) is 14.7. The van der Waals surface area contributed by atoms with Crippen LogP contribution in [0.15, 0.2) is 39.5 Å². The zero-order valence-corrected chi connectivity index (χ0v) is 13.0. The van der Waals surface area contributed by atoms with Crippen molar-refractivity contribution in [3.05, 3.63) is 34.6 Å². The van der Waals surface area contributed by atoms with Crippen LogP contribution in [0.1, 0.15) is 32.1 Å². The van der Waals surface area contributed by atoms with E-state index in [4.69, 9.17) is 0 Å². The molecule has 0 saturated carbocycles. The van der Waals surface area contributed by atoms with Gasteiger partial charge < -0.3 is 0 Å². The van der Waals surface area contributed by atoms with Gasteiger partial charge in [0.1, 0.15) is 4.90 Å². The van der Waals surface area contributed by atoms with Gasteiger partial charge in [0.2, 0.25) is 10.0 Å². The monoisotopic (exact) mass is 344 g/mol. The molecule has 0 unspecified atom stereocenters. The highest BCUT2D eigenvalue weighted by Crippen LogP contribution is 2.20. The van der Waals surface area contributed by atoms with Crippen molar-refractivity contribution in [2.45, 2.75) is 37.0 Å². The van der Waals surface area contributed by atoms with Gasteiger partial charge in [0, 0.05) is 23.4 Å². The first-order valence-electron chi connectivity index (χ1n) is 6.36. The highest BCUT2D eigenvalue weighted by Gasteiger charge is 2.14. The van der Waals surface area contributed by atoms with Gasteiger partial charge in [-0.05, 0) is 54.1 Å². The molecule has 0 bridgehead atoms. The second-order valence-corrected chi connectivity index (χ2v) is 7.28. The van der Waals surface area contributed by atoms with E-state index in [1.807, 2.05) is 0 Å². The van der Waals surface area contributed by atoms with E-state index in [1.54, 1.807) is 12.3 Å². The van der Waals surface area contributed by atoms with Crippen LogP contribution in [-0.4, -0.2) is 19.9 Å². The molecule has 1 aliphatic carbocycles. The number of hydrogen-bond acceptors (Lipinski definition) is 3. The second-order valence-electron chi connectivity index (χ2n) is 4.59. The topological polar surface area (TPSA) is 59.1 Å². The number of halogens is 1. The Kier molecular flexibility index (Phi) is 5.13. The van der Waals surface area contributed by atoms with E-state index in [-0.39, 0.29) is 4.90 Å². The van der Waals surface area contributed by atoms with E-state index in [1.165, 1.54) is 24.6 Å². The van der Waals surface area contributed by atoms with E-state index >= 15 is 0 Å². The third-order valence-electron chi connectivity index (χ3n) is 3.11. The molecule has 2 rings (SSSR count). The average Bonchev–Trinajstić information content (AvgIpc) is 2.40. The number of pyridine rings is 1. The third-order valence-corrected chi connectivity index (χ3v) is 4.98. The summed E-state index contributed by atoms with van der Waals surface area (Å²) in [5, 5.41) is 0. The van der Waals surface area contributed by atoms with Gasteiger partial charge in [0.05, 0.1) is 0 Å². The number of nitrogens with zero attached hydrogens (tertiary/aromatic N) is 1. The predicted molar refractivity (Wildman–Crippen MR) is 78.3 cm³/mol. The van der Waals surface area contributed by atoms with Gasteiger partial charge >= 0.3 is 0 Å². The van der Waals surface area contributed by atoms with E-state index < -0.39 is 10.0 Å². The minimum absolute atomic E-state index is 0.194. The molecule has 0 aromatic carbocycles. The maximum atomic E-state index is 12.0. The number of aromatic nitrogens is 1. The lowest BCUT2D eigenvalue weighted by atomic mass is 9.97. The van der Waals surface area contributed by atoms with Crippen LogP contribution in [-0.2, 0) is 10.0 Å². The SMILES string of the molecule is O=S(=O)(NCCC1=CCCCC1)c1cncc(Br)c1. The van der Waals surface area contributed by atoms with Crippen LogP contribution in [0.25, 0.3) is 0 Å². The van der Waals surface area contributed by atoms with Gasteiger partial charge in [-0.3, -0.25) is 4.98 Å². The molecule has 4 nitrogen and oxygen atoms in total. The van der Waals surface area contributed by atoms with Gasteiger partial charge in [-0.1, -0.05) is 11.6 Å². The Balaban J connectivity index is 1.92. The van der Waals surface area contributed by atoms with E-state index in [9.17, 15) is 8.42 Å². The summed E-state index contributed by atoms with van der Waals surface area (Å²) in [6, 6.07) is 1.55.